The fourth-order valence-corrected chi connectivity index (χ4v) is 10.0. The molecule has 0 aliphatic heterocycles. The number of carboxylic acid groups (broad SMARTS) is 1. The van der Waals surface area contributed by atoms with Gasteiger partial charge in [-0.1, -0.05) is 150 Å². The van der Waals surface area contributed by atoms with E-state index < -0.39 is 99.6 Å². The molecule has 664 valence electrons. The van der Waals surface area contributed by atoms with E-state index in [0.29, 0.717) is 39.9 Å². The maximum atomic E-state index is 13.4. The molecule has 129 heavy (non-hydrogen) atoms. The molecule has 0 unspecified atom stereocenters. The Morgan fingerprint density at radius 2 is 0.612 bits per heavy atom. The molecule has 17 aromatic rings. The number of nitrogens with zero attached hydrogens (tertiary/aromatic N) is 14. The Labute approximate surface area is 765 Å². The van der Waals surface area contributed by atoms with E-state index in [9.17, 15) is 83.8 Å². The summed E-state index contributed by atoms with van der Waals surface area (Å²) in [6, 6.07) is 73.1. The number of hydrogen-bond acceptors (Lipinski definition) is 10. The second-order valence-corrected chi connectivity index (χ2v) is 24.6. The van der Waals surface area contributed by atoms with Gasteiger partial charge in [0, 0.05) is 174 Å². The van der Waals surface area contributed by atoms with Crippen LogP contribution in [0, 0.1) is 127 Å². The predicted octanol–water partition coefficient (Wildman–Crippen LogP) is 20.0. The number of benzene rings is 6. The van der Waals surface area contributed by atoms with Crippen LogP contribution in [0.5, 0.6) is 0 Å². The Morgan fingerprint density at radius 1 is 0.333 bits per heavy atom. The monoisotopic (exact) mass is 2310 g/mol. The number of rotatable bonds is 9. The zero-order valence-corrected chi connectivity index (χ0v) is 72.5. The average Bonchev–Trinajstić information content (AvgIpc) is 1.07. The third-order valence-electron chi connectivity index (χ3n) is 15.7. The molecule has 0 aliphatic rings. The van der Waals surface area contributed by atoms with Gasteiger partial charge < -0.3 is 54.0 Å². The van der Waals surface area contributed by atoms with E-state index >= 15 is 0 Å². The van der Waals surface area contributed by atoms with E-state index in [4.69, 9.17) is 5.11 Å². The first-order valence-corrected chi connectivity index (χ1v) is 35.7. The number of halogens is 18. The molecule has 0 saturated heterocycles. The first kappa shape index (κ1) is 104. The Bertz CT molecular complexity index is 5840. The normalized spacial score (nSPS) is 10.2. The maximum Gasteiger partial charge on any atom is 3.00 e. The molecule has 17 rings (SSSR count). The van der Waals surface area contributed by atoms with Crippen molar-refractivity contribution in [3.63, 3.8) is 0 Å². The molecule has 11 heterocycles. The third kappa shape index (κ3) is 32.0. The smallest absolute Gasteiger partial charge is 0.573 e. The second kappa shape index (κ2) is 50.8. The van der Waals surface area contributed by atoms with Crippen molar-refractivity contribution in [1.29, 1.82) is 0 Å². The molecule has 2 radical (unpaired) electrons. The van der Waals surface area contributed by atoms with E-state index in [1.165, 1.54) is 44.4 Å². The Balaban J connectivity index is 0.000000224. The molecule has 11 aromatic heterocycles. The summed E-state index contributed by atoms with van der Waals surface area (Å²) in [5.74, 6) is -10.0. The Hall–Kier alpha value is -14.2. The van der Waals surface area contributed by atoms with Crippen molar-refractivity contribution in [1.82, 2.24) is 55.3 Å². The SMILES string of the molecule is FC(F)(F)c1cc(-c2ccccn2)[n-]n1.FC(F)(F)c1n[n-]c(-c2ccccn2)n1.Fc1c[c-]c(-c2ccccn2)c(F)c1.Fc1c[c-]c(-c2ccccn2)c(F)c1.Fc1c[c-]c(-c2ccccn2)c(F)c1.O=C(O)c1ccccn1.[CH2-][n+]1ccccc1-c1[c-]cc(F)cc1F.[CH2-][n+]1ccccc1-c1[c-]cc(F)cc1F.[CH2-][n+]1ccccc1-c1[c-]cc(F)cc1F.[Ir+3].[Ir].[Ir]. The minimum Gasteiger partial charge on any atom is -0.573 e. The van der Waals surface area contributed by atoms with Crippen molar-refractivity contribution < 1.29 is 163 Å². The predicted molar refractivity (Wildman–Crippen MR) is 421 cm³/mol. The van der Waals surface area contributed by atoms with Crippen LogP contribution in [0.1, 0.15) is 22.0 Å². The summed E-state index contributed by atoms with van der Waals surface area (Å²) in [6.45, 7) is 0. The van der Waals surface area contributed by atoms with Gasteiger partial charge in [-0.05, 0) is 118 Å². The topological polar surface area (TPSA) is 193 Å². The first-order valence-electron chi connectivity index (χ1n) is 35.7. The number of alkyl halides is 6. The fourth-order valence-electron chi connectivity index (χ4n) is 10.0. The van der Waals surface area contributed by atoms with Gasteiger partial charge in [0.15, 0.2) is 0 Å². The van der Waals surface area contributed by atoms with Crippen LogP contribution in [0.25, 0.3) is 90.5 Å². The fraction of sp³-hybridized carbons (Fsp3) is 0.0217. The van der Waals surface area contributed by atoms with Gasteiger partial charge >= 0.3 is 38.4 Å². The summed E-state index contributed by atoms with van der Waals surface area (Å²) in [5.41, 5.74) is 4.06. The van der Waals surface area contributed by atoms with Crippen LogP contribution in [-0.2, 0) is 72.7 Å². The van der Waals surface area contributed by atoms with Crippen LogP contribution in [0.3, 0.4) is 0 Å². The van der Waals surface area contributed by atoms with Crippen LogP contribution in [-0.4, -0.2) is 56.2 Å². The zero-order chi connectivity index (χ0) is 90.9. The summed E-state index contributed by atoms with van der Waals surface area (Å²) in [6.07, 6.45) is 5.05. The van der Waals surface area contributed by atoms with Crippen molar-refractivity contribution in [2.75, 3.05) is 0 Å². The molecule has 0 amide bonds. The van der Waals surface area contributed by atoms with Gasteiger partial charge in [0.25, 0.3) is 0 Å². The van der Waals surface area contributed by atoms with E-state index in [1.54, 1.807) is 189 Å². The van der Waals surface area contributed by atoms with Gasteiger partial charge in [0.1, 0.15) is 34.3 Å². The zero-order valence-electron chi connectivity index (χ0n) is 65.3. The summed E-state index contributed by atoms with van der Waals surface area (Å²) >= 11 is 0. The van der Waals surface area contributed by atoms with Crippen LogP contribution < -0.4 is 23.9 Å². The average molecular weight is 2310 g/mol. The summed E-state index contributed by atoms with van der Waals surface area (Å²) in [4.78, 5) is 36.5. The van der Waals surface area contributed by atoms with Gasteiger partial charge in [0.2, 0.25) is 0 Å². The van der Waals surface area contributed by atoms with Crippen molar-refractivity contribution in [3.05, 3.63) is 443 Å². The molecule has 6 aromatic carbocycles. The van der Waals surface area contributed by atoms with Crippen LogP contribution >= 0.6 is 0 Å². The minimum absolute atomic E-state index is 0. The molecule has 16 nitrogen and oxygen atoms in total. The molecule has 0 spiro atoms. The maximum absolute atomic E-state index is 13.4. The van der Waals surface area contributed by atoms with Gasteiger partial charge in [-0.15, -0.1) is 72.8 Å². The van der Waals surface area contributed by atoms with Crippen molar-refractivity contribution in [2.24, 2.45) is 0 Å². The number of carbonyl (C=O) groups is 1. The summed E-state index contributed by atoms with van der Waals surface area (Å²) in [5, 5.41) is 21.0. The molecular weight excluding hydrogens is 2250 g/mol. The largest absolute Gasteiger partial charge is 3.00 e. The molecule has 0 atom stereocenters. The number of aromatic nitrogens is 14. The van der Waals surface area contributed by atoms with Crippen LogP contribution in [0.4, 0.5) is 79.0 Å². The molecule has 0 saturated carbocycles. The summed E-state index contributed by atoms with van der Waals surface area (Å²) < 4.78 is 233. The van der Waals surface area contributed by atoms with Gasteiger partial charge in [-0.25, -0.2) is 9.78 Å². The molecule has 0 fully saturated rings. The van der Waals surface area contributed by atoms with Gasteiger partial charge in [-0.3, -0.25) is 67.8 Å². The number of carboxylic acids is 1. The van der Waals surface area contributed by atoms with Crippen LogP contribution in [0.15, 0.2) is 298 Å². The van der Waals surface area contributed by atoms with Crippen molar-refractivity contribution >= 4 is 5.97 Å². The van der Waals surface area contributed by atoms with Gasteiger partial charge in [-0.2, -0.15) is 26.3 Å². The van der Waals surface area contributed by atoms with E-state index in [0.717, 1.165) is 78.9 Å². The standard InChI is InChI=1S/3C12H8F2N.3C11H6F2N.C9H5F3N3.C8H4F3N4.C6H5NO2.3Ir/c3*1-15-7-3-2-4-12(15)10-6-5-9(13)8-11(10)14;3*12-8-4-5-9(10(13)7-8)11-3-1-2-6-14-11;10-9(11,12)8-5-7(14-15-8)6-3-1-2-4-13-6;9-8(10,11)7-13-6(14-15-7)5-3-1-2-4-12-5;8-6(9)5-3-1-2-4-7-5;;;/h3*2-5,7-8H,1H2;3*1-4,6-7H;1-5H;1-4H;1-4H,(H,8,9);;;/q8*-1;;;;+3. The van der Waals surface area contributed by atoms with Crippen molar-refractivity contribution in [2.45, 2.75) is 12.4 Å². The van der Waals surface area contributed by atoms with E-state index in [-0.39, 0.29) is 117 Å². The Kier molecular flexibility index (Phi) is 40.8. The molecule has 0 aliphatic carbocycles. The molecular formula is C92H56F18Ir3N14O2-5. The summed E-state index contributed by atoms with van der Waals surface area (Å²) in [7, 11) is 11.1. The third-order valence-corrected chi connectivity index (χ3v) is 15.7. The molecule has 0 bridgehead atoms. The van der Waals surface area contributed by atoms with Crippen LogP contribution in [0.2, 0.25) is 0 Å². The second-order valence-electron chi connectivity index (χ2n) is 24.6. The molecule has 37 heteroatoms. The number of pyridine rings is 9. The number of hydrogen-bond donors (Lipinski definition) is 1. The quantitative estimate of drug-likeness (QED) is 0.0816. The minimum atomic E-state index is -4.57. The Morgan fingerprint density at radius 3 is 0.845 bits per heavy atom. The molecule has 1 N–H and O–H groups in total. The van der Waals surface area contributed by atoms with Crippen molar-refractivity contribution in [3.8, 4) is 90.5 Å². The van der Waals surface area contributed by atoms with E-state index in [2.05, 4.69) is 113 Å². The number of aromatic carboxylic acids is 1. The first-order chi connectivity index (χ1) is 60.3. The van der Waals surface area contributed by atoms with Gasteiger partial charge in [0.05, 0.1) is 24.3 Å². The van der Waals surface area contributed by atoms with E-state index in [1.807, 2.05) is 0 Å².